The number of carbonyl (C=O) groups is 1. The normalized spacial score (nSPS) is 10.9. The third kappa shape index (κ3) is 3.59. The summed E-state index contributed by atoms with van der Waals surface area (Å²) >= 11 is 0. The number of imidazole rings is 1. The van der Waals surface area contributed by atoms with Crippen LogP contribution in [0.1, 0.15) is 23.6 Å². The fourth-order valence-electron chi connectivity index (χ4n) is 2.71. The van der Waals surface area contributed by atoms with Gasteiger partial charge in [0.1, 0.15) is 17.2 Å². The predicted octanol–water partition coefficient (Wildman–Crippen LogP) is 3.14. The number of rotatable bonds is 6. The molecular formula is C18H22N4O2. The first-order valence-electron chi connectivity index (χ1n) is 8.11. The molecule has 126 valence electrons. The van der Waals surface area contributed by atoms with Crippen LogP contribution >= 0.6 is 0 Å². The zero-order chi connectivity index (χ0) is 16.9. The van der Waals surface area contributed by atoms with Crippen LogP contribution in [0.2, 0.25) is 0 Å². The lowest BCUT2D eigenvalue weighted by molar-refractivity contribution is 0.239. The van der Waals surface area contributed by atoms with E-state index in [0.717, 1.165) is 41.1 Å². The first-order chi connectivity index (χ1) is 11.6. The molecule has 6 nitrogen and oxygen atoms in total. The lowest BCUT2D eigenvalue weighted by atomic mass is 10.1. The van der Waals surface area contributed by atoms with Crippen molar-refractivity contribution in [3.8, 4) is 0 Å². The highest BCUT2D eigenvalue weighted by molar-refractivity contribution is 5.82. The van der Waals surface area contributed by atoms with E-state index in [4.69, 9.17) is 4.42 Å². The second-order valence-corrected chi connectivity index (χ2v) is 5.78. The number of fused-ring (bicyclic) bond motifs is 1. The number of nitrogens with one attached hydrogen (secondary N) is 2. The van der Waals surface area contributed by atoms with Gasteiger partial charge in [-0.3, -0.25) is 0 Å². The number of benzene rings is 1. The molecule has 0 fully saturated rings. The molecule has 0 saturated heterocycles. The van der Waals surface area contributed by atoms with Crippen LogP contribution in [0.15, 0.2) is 41.1 Å². The van der Waals surface area contributed by atoms with Gasteiger partial charge < -0.3 is 19.6 Å². The average molecular weight is 326 g/mol. The van der Waals surface area contributed by atoms with Crippen molar-refractivity contribution in [1.29, 1.82) is 0 Å². The number of para-hydroxylation sites is 1. The zero-order valence-electron chi connectivity index (χ0n) is 14.0. The molecule has 3 aromatic rings. The molecule has 3 rings (SSSR count). The van der Waals surface area contributed by atoms with E-state index in [0.29, 0.717) is 13.1 Å². The number of carbonyl (C=O) groups excluding carboxylic acids is 1. The highest BCUT2D eigenvalue weighted by atomic mass is 16.3. The van der Waals surface area contributed by atoms with Crippen molar-refractivity contribution in [3.05, 3.63) is 53.8 Å². The van der Waals surface area contributed by atoms with Crippen molar-refractivity contribution < 1.29 is 9.21 Å². The van der Waals surface area contributed by atoms with Gasteiger partial charge >= 0.3 is 6.03 Å². The van der Waals surface area contributed by atoms with E-state index in [1.807, 2.05) is 44.3 Å². The van der Waals surface area contributed by atoms with E-state index in [1.165, 1.54) is 0 Å². The topological polar surface area (TPSA) is 72.1 Å². The largest absolute Gasteiger partial charge is 0.459 e. The summed E-state index contributed by atoms with van der Waals surface area (Å²) in [6.45, 7) is 5.81. The van der Waals surface area contributed by atoms with E-state index in [-0.39, 0.29) is 6.03 Å². The minimum absolute atomic E-state index is 0.183. The Bertz CT molecular complexity index is 835. The molecule has 2 aromatic heterocycles. The molecule has 0 spiro atoms. The van der Waals surface area contributed by atoms with Crippen molar-refractivity contribution in [2.75, 3.05) is 6.54 Å². The van der Waals surface area contributed by atoms with Crippen LogP contribution in [0.5, 0.6) is 0 Å². The van der Waals surface area contributed by atoms with Gasteiger partial charge in [0.05, 0.1) is 6.54 Å². The summed E-state index contributed by atoms with van der Waals surface area (Å²) in [7, 11) is 0. The van der Waals surface area contributed by atoms with Gasteiger partial charge in [-0.2, -0.15) is 0 Å². The van der Waals surface area contributed by atoms with Gasteiger partial charge in [-0.05, 0) is 26.3 Å². The number of hydrogen-bond donors (Lipinski definition) is 2. The third-order valence-electron chi connectivity index (χ3n) is 4.14. The Morgan fingerprint density at radius 3 is 2.83 bits per heavy atom. The van der Waals surface area contributed by atoms with Gasteiger partial charge in [0, 0.05) is 36.4 Å². The van der Waals surface area contributed by atoms with Gasteiger partial charge in [-0.25, -0.2) is 9.78 Å². The Hall–Kier alpha value is -2.76. The lowest BCUT2D eigenvalue weighted by Crippen LogP contribution is -2.35. The van der Waals surface area contributed by atoms with Crippen LogP contribution in [0.4, 0.5) is 4.79 Å². The van der Waals surface area contributed by atoms with Crippen molar-refractivity contribution in [3.63, 3.8) is 0 Å². The van der Waals surface area contributed by atoms with Gasteiger partial charge in [0.15, 0.2) is 0 Å². The van der Waals surface area contributed by atoms with Crippen LogP contribution < -0.4 is 10.6 Å². The van der Waals surface area contributed by atoms with E-state index < -0.39 is 0 Å². The predicted molar refractivity (Wildman–Crippen MR) is 92.8 cm³/mol. The maximum Gasteiger partial charge on any atom is 0.315 e. The molecule has 24 heavy (non-hydrogen) atoms. The second-order valence-electron chi connectivity index (χ2n) is 5.78. The molecule has 2 heterocycles. The minimum Gasteiger partial charge on any atom is -0.459 e. The molecule has 1 aromatic carbocycles. The summed E-state index contributed by atoms with van der Waals surface area (Å²) in [5, 5.41) is 6.79. The standard InChI is InChI=1S/C18H22N4O2/c1-13-15-6-3-4-7-16(15)24-17(13)12-21-18(23)20-8-5-10-22-11-9-19-14(22)2/h3-4,6-7,9,11H,5,8,10,12H2,1-2H3,(H2,20,21,23). The Labute approximate surface area is 140 Å². The van der Waals surface area contributed by atoms with Crippen LogP contribution in [-0.2, 0) is 13.1 Å². The van der Waals surface area contributed by atoms with E-state index in [2.05, 4.69) is 20.2 Å². The van der Waals surface area contributed by atoms with E-state index >= 15 is 0 Å². The van der Waals surface area contributed by atoms with E-state index in [1.54, 1.807) is 6.20 Å². The van der Waals surface area contributed by atoms with Crippen LogP contribution in [0.25, 0.3) is 11.0 Å². The Morgan fingerprint density at radius 1 is 1.25 bits per heavy atom. The van der Waals surface area contributed by atoms with Crippen molar-refractivity contribution in [2.24, 2.45) is 0 Å². The summed E-state index contributed by atoms with van der Waals surface area (Å²) < 4.78 is 7.85. The molecule has 0 radical (unpaired) electrons. The van der Waals surface area contributed by atoms with Crippen LogP contribution in [0.3, 0.4) is 0 Å². The molecule has 0 aliphatic carbocycles. The van der Waals surface area contributed by atoms with Gasteiger partial charge in [-0.1, -0.05) is 18.2 Å². The molecule has 0 aliphatic heterocycles. The van der Waals surface area contributed by atoms with E-state index in [9.17, 15) is 4.79 Å². The van der Waals surface area contributed by atoms with Gasteiger partial charge in [0.25, 0.3) is 0 Å². The van der Waals surface area contributed by atoms with Gasteiger partial charge in [-0.15, -0.1) is 0 Å². The zero-order valence-corrected chi connectivity index (χ0v) is 14.0. The molecule has 0 bridgehead atoms. The number of aromatic nitrogens is 2. The SMILES string of the molecule is Cc1c(CNC(=O)NCCCn2ccnc2C)oc2ccccc12. The summed E-state index contributed by atoms with van der Waals surface area (Å²) in [4.78, 5) is 16.1. The van der Waals surface area contributed by atoms with Crippen LogP contribution in [-0.4, -0.2) is 22.1 Å². The van der Waals surface area contributed by atoms with Crippen molar-refractivity contribution in [2.45, 2.75) is 33.4 Å². The summed E-state index contributed by atoms with van der Waals surface area (Å²) in [5.74, 6) is 1.78. The summed E-state index contributed by atoms with van der Waals surface area (Å²) in [6.07, 6.45) is 4.58. The number of nitrogens with zero attached hydrogens (tertiary/aromatic N) is 2. The van der Waals surface area contributed by atoms with Gasteiger partial charge in [0.2, 0.25) is 0 Å². The Balaban J connectivity index is 1.43. The summed E-state index contributed by atoms with van der Waals surface area (Å²) in [6, 6.07) is 7.70. The highest BCUT2D eigenvalue weighted by Crippen LogP contribution is 2.24. The molecular weight excluding hydrogens is 304 g/mol. The Morgan fingerprint density at radius 2 is 2.08 bits per heavy atom. The maximum atomic E-state index is 11.9. The number of amides is 2. The molecule has 2 N–H and O–H groups in total. The number of furan rings is 1. The number of hydrogen-bond acceptors (Lipinski definition) is 3. The summed E-state index contributed by atoms with van der Waals surface area (Å²) in [5.41, 5.74) is 1.92. The molecule has 0 aliphatic rings. The fourth-order valence-corrected chi connectivity index (χ4v) is 2.71. The maximum absolute atomic E-state index is 11.9. The second kappa shape index (κ2) is 7.21. The van der Waals surface area contributed by atoms with Crippen molar-refractivity contribution in [1.82, 2.24) is 20.2 Å². The molecule has 0 atom stereocenters. The molecule has 0 saturated carbocycles. The highest BCUT2D eigenvalue weighted by Gasteiger charge is 2.10. The third-order valence-corrected chi connectivity index (χ3v) is 4.14. The lowest BCUT2D eigenvalue weighted by Gasteiger charge is -2.08. The molecule has 0 unspecified atom stereocenters. The Kier molecular flexibility index (Phi) is 4.84. The monoisotopic (exact) mass is 326 g/mol. The molecule has 6 heteroatoms. The average Bonchev–Trinajstić information content (AvgIpc) is 3.14. The molecule has 2 amide bonds. The minimum atomic E-state index is -0.183. The number of aryl methyl sites for hydroxylation is 3. The smallest absolute Gasteiger partial charge is 0.315 e. The number of urea groups is 1. The quantitative estimate of drug-likeness (QED) is 0.684. The van der Waals surface area contributed by atoms with Crippen molar-refractivity contribution >= 4 is 17.0 Å². The first kappa shape index (κ1) is 16.1. The first-order valence-corrected chi connectivity index (χ1v) is 8.11. The fraction of sp³-hybridized carbons (Fsp3) is 0.333. The van der Waals surface area contributed by atoms with Crippen LogP contribution in [0, 0.1) is 13.8 Å².